The van der Waals surface area contributed by atoms with Gasteiger partial charge in [0.15, 0.2) is 17.8 Å². The van der Waals surface area contributed by atoms with Gasteiger partial charge in [0.1, 0.15) is 37.1 Å². The van der Waals surface area contributed by atoms with Crippen LogP contribution in [0.25, 0.3) is 0 Å². The lowest BCUT2D eigenvalue weighted by Gasteiger charge is -2.41. The fourth-order valence-corrected chi connectivity index (χ4v) is 4.36. The summed E-state index contributed by atoms with van der Waals surface area (Å²) in [6.45, 7) is 0.676. The van der Waals surface area contributed by atoms with E-state index in [1.165, 1.54) is 31.4 Å². The van der Waals surface area contributed by atoms with Crippen LogP contribution in [-0.2, 0) is 38.0 Å². The van der Waals surface area contributed by atoms with E-state index in [1.807, 2.05) is 0 Å². The van der Waals surface area contributed by atoms with Crippen molar-refractivity contribution in [2.45, 2.75) is 56.4 Å². The van der Waals surface area contributed by atoms with E-state index in [2.05, 4.69) is 0 Å². The molecular formula is C26H34O14. The molecule has 3 rings (SSSR count). The zero-order valence-corrected chi connectivity index (χ0v) is 22.1. The van der Waals surface area contributed by atoms with E-state index in [1.54, 1.807) is 6.92 Å². The van der Waals surface area contributed by atoms with E-state index in [0.29, 0.717) is 5.56 Å². The Labute approximate surface area is 229 Å². The molecule has 1 fully saturated rings. The quantitative estimate of drug-likeness (QED) is 0.119. The summed E-state index contributed by atoms with van der Waals surface area (Å²) in [6, 6.07) is 4.03. The first-order chi connectivity index (χ1) is 19.1. The molecule has 0 spiro atoms. The van der Waals surface area contributed by atoms with Gasteiger partial charge in [-0.1, -0.05) is 12.1 Å². The average molecular weight is 571 g/mol. The molecule has 8 atom stereocenters. The molecule has 14 heteroatoms. The zero-order valence-electron chi connectivity index (χ0n) is 22.1. The number of phenolic OH excluding ortho intramolecular Hbond substituents is 2. The predicted octanol–water partition coefficient (Wildman–Crippen LogP) is -0.489. The van der Waals surface area contributed by atoms with Gasteiger partial charge >= 0.3 is 11.9 Å². The number of methoxy groups -OCH3 is 2. The zero-order chi connectivity index (χ0) is 29.6. The van der Waals surface area contributed by atoms with Crippen molar-refractivity contribution in [3.63, 3.8) is 0 Å². The summed E-state index contributed by atoms with van der Waals surface area (Å²) in [6.07, 6.45) is -7.63. The Morgan fingerprint density at radius 3 is 2.40 bits per heavy atom. The van der Waals surface area contributed by atoms with Crippen molar-refractivity contribution in [1.82, 2.24) is 0 Å². The van der Waals surface area contributed by atoms with Crippen LogP contribution in [0.15, 0.2) is 41.7 Å². The molecule has 0 aliphatic carbocycles. The van der Waals surface area contributed by atoms with Gasteiger partial charge in [0.2, 0.25) is 6.29 Å². The monoisotopic (exact) mass is 570 g/mol. The number of phenols is 2. The van der Waals surface area contributed by atoms with Crippen LogP contribution in [0.3, 0.4) is 0 Å². The number of allylic oxidation sites excluding steroid dienone is 1. The number of aliphatic hydroxyl groups excluding tert-OH is 4. The molecule has 2 aliphatic rings. The van der Waals surface area contributed by atoms with Crippen LogP contribution in [0.1, 0.15) is 25.0 Å². The first-order valence-electron chi connectivity index (χ1n) is 12.3. The second kappa shape index (κ2) is 13.9. The average Bonchev–Trinajstić information content (AvgIpc) is 2.95. The summed E-state index contributed by atoms with van der Waals surface area (Å²) in [5, 5.41) is 59.2. The summed E-state index contributed by atoms with van der Waals surface area (Å²) in [7, 11) is 2.53. The first-order valence-corrected chi connectivity index (χ1v) is 12.3. The van der Waals surface area contributed by atoms with Gasteiger partial charge in [0, 0.05) is 18.6 Å². The second-order valence-corrected chi connectivity index (χ2v) is 9.07. The van der Waals surface area contributed by atoms with Crippen LogP contribution in [0.4, 0.5) is 0 Å². The molecule has 0 aromatic heterocycles. The summed E-state index contributed by atoms with van der Waals surface area (Å²) in [4.78, 5) is 25.4. The van der Waals surface area contributed by atoms with Gasteiger partial charge in [0.05, 0.1) is 32.0 Å². The smallest absolute Gasteiger partial charge is 0.337 e. The molecule has 40 heavy (non-hydrogen) atoms. The van der Waals surface area contributed by atoms with Gasteiger partial charge in [-0.3, -0.25) is 4.79 Å². The van der Waals surface area contributed by atoms with Crippen molar-refractivity contribution in [3.8, 4) is 11.5 Å². The molecule has 222 valence electrons. The molecule has 14 nitrogen and oxygen atoms in total. The third-order valence-corrected chi connectivity index (χ3v) is 6.65. The van der Waals surface area contributed by atoms with Gasteiger partial charge in [-0.15, -0.1) is 0 Å². The fraction of sp³-hybridized carbons (Fsp3) is 0.538. The number of hydrogen-bond acceptors (Lipinski definition) is 14. The summed E-state index contributed by atoms with van der Waals surface area (Å²) in [5.74, 6) is -3.16. The number of aliphatic hydroxyl groups is 4. The molecule has 2 aliphatic heterocycles. The minimum Gasteiger partial charge on any atom is -0.504 e. The summed E-state index contributed by atoms with van der Waals surface area (Å²) >= 11 is 0. The van der Waals surface area contributed by atoms with Crippen molar-refractivity contribution < 1.29 is 68.6 Å². The minimum atomic E-state index is -1.71. The highest BCUT2D eigenvalue weighted by Gasteiger charge is 2.47. The van der Waals surface area contributed by atoms with Crippen molar-refractivity contribution in [3.05, 3.63) is 47.2 Å². The van der Waals surface area contributed by atoms with E-state index in [-0.39, 0.29) is 35.7 Å². The highest BCUT2D eigenvalue weighted by molar-refractivity contribution is 5.90. The molecule has 2 heterocycles. The minimum absolute atomic E-state index is 0.0204. The van der Waals surface area contributed by atoms with Crippen molar-refractivity contribution in [1.29, 1.82) is 0 Å². The van der Waals surface area contributed by atoms with E-state index < -0.39 is 67.6 Å². The summed E-state index contributed by atoms with van der Waals surface area (Å²) < 4.78 is 32.2. The maximum absolute atomic E-state index is 12.9. The molecule has 0 unspecified atom stereocenters. The Hall–Kier alpha value is -3.24. The van der Waals surface area contributed by atoms with E-state index in [9.17, 15) is 40.2 Å². The highest BCUT2D eigenvalue weighted by Crippen LogP contribution is 2.36. The molecule has 0 saturated carbocycles. The lowest BCUT2D eigenvalue weighted by molar-refractivity contribution is -0.327. The number of hydrogen-bond donors (Lipinski definition) is 6. The number of aromatic hydroxyl groups is 2. The number of ether oxygens (including phenoxy) is 6. The molecule has 0 amide bonds. The van der Waals surface area contributed by atoms with Crippen LogP contribution >= 0.6 is 0 Å². The summed E-state index contributed by atoms with van der Waals surface area (Å²) in [5.41, 5.74) is 0.686. The molecule has 1 saturated heterocycles. The van der Waals surface area contributed by atoms with Crippen molar-refractivity contribution in [2.24, 2.45) is 5.92 Å². The largest absolute Gasteiger partial charge is 0.504 e. The van der Waals surface area contributed by atoms with Crippen LogP contribution in [0, 0.1) is 5.92 Å². The number of carbonyl (C=O) groups is 2. The van der Waals surface area contributed by atoms with Gasteiger partial charge in [0.25, 0.3) is 0 Å². The fourth-order valence-electron chi connectivity index (χ4n) is 4.36. The Kier molecular flexibility index (Phi) is 10.9. The van der Waals surface area contributed by atoms with Gasteiger partial charge in [-0.05, 0) is 24.6 Å². The first kappa shape index (κ1) is 31.3. The number of esters is 2. The SMILES string of the molecule is CC=C1[C@H](O[C@@H]2O[C@H](CO)[C@@H](O)[C@H](O)[C@H]2O)OC=C(C(=O)OC)[C@H]1CC(=O)OC[C@H](OC)c1ccc(O)c(O)c1. The molecule has 1 aromatic rings. The molecule has 0 radical (unpaired) electrons. The lowest BCUT2D eigenvalue weighted by Crippen LogP contribution is -2.60. The normalized spacial score (nSPS) is 30.2. The molecular weight excluding hydrogens is 536 g/mol. The Morgan fingerprint density at radius 1 is 1.07 bits per heavy atom. The maximum atomic E-state index is 12.9. The topological polar surface area (TPSA) is 211 Å². The lowest BCUT2D eigenvalue weighted by atomic mass is 9.86. The van der Waals surface area contributed by atoms with Crippen LogP contribution in [-0.4, -0.2) is 107 Å². The Balaban J connectivity index is 1.75. The van der Waals surface area contributed by atoms with Gasteiger partial charge in [-0.2, -0.15) is 0 Å². The maximum Gasteiger partial charge on any atom is 0.337 e. The van der Waals surface area contributed by atoms with E-state index in [4.69, 9.17) is 28.4 Å². The third kappa shape index (κ3) is 6.90. The van der Waals surface area contributed by atoms with E-state index in [0.717, 1.165) is 13.4 Å². The third-order valence-electron chi connectivity index (χ3n) is 6.65. The van der Waals surface area contributed by atoms with Crippen LogP contribution < -0.4 is 0 Å². The predicted molar refractivity (Wildman–Crippen MR) is 132 cm³/mol. The Morgan fingerprint density at radius 2 is 1.80 bits per heavy atom. The highest BCUT2D eigenvalue weighted by atomic mass is 16.8. The van der Waals surface area contributed by atoms with E-state index >= 15 is 0 Å². The number of rotatable bonds is 10. The van der Waals surface area contributed by atoms with Crippen LogP contribution in [0.5, 0.6) is 11.5 Å². The standard InChI is InChI=1S/C26H34O14/c1-4-13-14(8-20(30)37-11-19(35-2)12-5-6-16(28)17(29)7-12)15(24(34)36-3)10-38-25(13)40-26-23(33)22(32)21(31)18(9-27)39-26/h4-7,10,14,18-19,21-23,25-29,31-33H,8-9,11H2,1-3H3/t14-,18+,19-,21+,22-,23+,25-,26-/m0/s1. The molecule has 0 bridgehead atoms. The van der Waals surface area contributed by atoms with Crippen molar-refractivity contribution >= 4 is 11.9 Å². The molecule has 1 aromatic carbocycles. The van der Waals surface area contributed by atoms with Crippen LogP contribution in [0.2, 0.25) is 0 Å². The number of carbonyl (C=O) groups excluding carboxylic acids is 2. The van der Waals surface area contributed by atoms with Crippen molar-refractivity contribution in [2.75, 3.05) is 27.4 Å². The van der Waals surface area contributed by atoms with Gasteiger partial charge < -0.3 is 59.1 Å². The molecule has 6 N–H and O–H groups in total. The van der Waals surface area contributed by atoms with Gasteiger partial charge in [-0.25, -0.2) is 4.79 Å². The Bertz CT molecular complexity index is 1100. The second-order valence-electron chi connectivity index (χ2n) is 9.07. The number of benzene rings is 1.